The van der Waals surface area contributed by atoms with Gasteiger partial charge < -0.3 is 24.6 Å². The minimum Gasteiger partial charge on any atom is -0.493 e. The molecule has 1 unspecified atom stereocenters. The highest BCUT2D eigenvalue weighted by molar-refractivity contribution is 7.71. The summed E-state index contributed by atoms with van der Waals surface area (Å²) in [5.74, 6) is 1.50. The van der Waals surface area contributed by atoms with Gasteiger partial charge >= 0.3 is 0 Å². The summed E-state index contributed by atoms with van der Waals surface area (Å²) in [6.07, 6.45) is -0.957. The number of carbonyl (C=O) groups is 1. The standard InChI is InChI=1S/C21H23ClN4O5S/c1-29-16-4-3-5-17(30-2)19(16)31-12-15(27)10-23-18(28)11-26-20(24-25-21(26)32)13-6-8-14(22)9-7-13/h3-9,15,27H,10-12H2,1-2H3,(H,23,28)(H,25,32). The molecule has 11 heteroatoms. The molecule has 0 bridgehead atoms. The number of hydrogen-bond donors (Lipinski definition) is 3. The largest absolute Gasteiger partial charge is 0.493 e. The number of benzene rings is 2. The van der Waals surface area contributed by atoms with Gasteiger partial charge in [0, 0.05) is 17.1 Å². The maximum absolute atomic E-state index is 12.4. The van der Waals surface area contributed by atoms with Crippen LogP contribution in [0.2, 0.25) is 5.02 Å². The number of amides is 1. The molecular weight excluding hydrogens is 456 g/mol. The zero-order valence-corrected chi connectivity index (χ0v) is 19.1. The third-order valence-corrected chi connectivity index (χ3v) is 5.06. The molecule has 0 aliphatic heterocycles. The molecule has 1 atom stereocenters. The summed E-state index contributed by atoms with van der Waals surface area (Å²) in [4.78, 5) is 12.4. The fourth-order valence-corrected chi connectivity index (χ4v) is 3.24. The Hall–Kier alpha value is -3.08. The number of aliphatic hydroxyl groups is 1. The maximum atomic E-state index is 12.4. The van der Waals surface area contributed by atoms with Gasteiger partial charge in [-0.15, -0.1) is 0 Å². The minimum absolute atomic E-state index is 0.0161. The van der Waals surface area contributed by atoms with Gasteiger partial charge in [-0.2, -0.15) is 5.10 Å². The van der Waals surface area contributed by atoms with E-state index in [0.717, 1.165) is 5.56 Å². The van der Waals surface area contributed by atoms with Crippen LogP contribution in [0.3, 0.4) is 0 Å². The Morgan fingerprint density at radius 3 is 2.50 bits per heavy atom. The second-order valence-corrected chi connectivity index (χ2v) is 7.53. The lowest BCUT2D eigenvalue weighted by molar-refractivity contribution is -0.122. The number of nitrogens with zero attached hydrogens (tertiary/aromatic N) is 2. The number of para-hydroxylation sites is 1. The number of nitrogens with one attached hydrogen (secondary N) is 2. The van der Waals surface area contributed by atoms with Crippen LogP contribution >= 0.6 is 23.8 Å². The van der Waals surface area contributed by atoms with Crippen LogP contribution < -0.4 is 19.5 Å². The normalized spacial score (nSPS) is 11.6. The van der Waals surface area contributed by atoms with Gasteiger partial charge in [-0.05, 0) is 48.6 Å². The molecule has 3 N–H and O–H groups in total. The Kier molecular flexibility index (Phi) is 8.09. The first-order valence-corrected chi connectivity index (χ1v) is 10.4. The lowest BCUT2D eigenvalue weighted by atomic mass is 10.2. The van der Waals surface area contributed by atoms with Crippen molar-refractivity contribution in [1.29, 1.82) is 0 Å². The number of methoxy groups -OCH3 is 2. The minimum atomic E-state index is -0.957. The molecule has 0 spiro atoms. The lowest BCUT2D eigenvalue weighted by Gasteiger charge is -2.17. The fraction of sp³-hybridized carbons (Fsp3) is 0.286. The molecule has 9 nitrogen and oxygen atoms in total. The average molecular weight is 479 g/mol. The predicted octanol–water partition coefficient (Wildman–Crippen LogP) is 2.83. The number of hydrogen-bond acceptors (Lipinski definition) is 7. The van der Waals surface area contributed by atoms with Crippen molar-refractivity contribution in [3.63, 3.8) is 0 Å². The molecule has 1 aromatic heterocycles. The van der Waals surface area contributed by atoms with Crippen LogP contribution in [-0.2, 0) is 11.3 Å². The van der Waals surface area contributed by atoms with Gasteiger partial charge in [0.2, 0.25) is 11.7 Å². The van der Waals surface area contributed by atoms with Crippen molar-refractivity contribution in [3.8, 4) is 28.6 Å². The number of aromatic nitrogens is 3. The zero-order valence-electron chi connectivity index (χ0n) is 17.5. The summed E-state index contributed by atoms with van der Waals surface area (Å²) in [5, 5.41) is 20.4. The van der Waals surface area contributed by atoms with Crippen LogP contribution in [0.5, 0.6) is 17.2 Å². The van der Waals surface area contributed by atoms with Crippen molar-refractivity contribution >= 4 is 29.7 Å². The predicted molar refractivity (Wildman–Crippen MR) is 122 cm³/mol. The van der Waals surface area contributed by atoms with Gasteiger partial charge in [0.05, 0.1) is 14.2 Å². The molecule has 3 rings (SSSR count). The Labute approximate surface area is 194 Å². The van der Waals surface area contributed by atoms with E-state index in [0.29, 0.717) is 32.9 Å². The van der Waals surface area contributed by atoms with Crippen molar-refractivity contribution in [2.24, 2.45) is 0 Å². The molecule has 0 aliphatic rings. The number of carbonyl (C=O) groups excluding carboxylic acids is 1. The molecule has 0 radical (unpaired) electrons. The van der Waals surface area contributed by atoms with Crippen molar-refractivity contribution in [2.75, 3.05) is 27.4 Å². The summed E-state index contributed by atoms with van der Waals surface area (Å²) < 4.78 is 18.0. The second-order valence-electron chi connectivity index (χ2n) is 6.71. The van der Waals surface area contributed by atoms with E-state index in [1.165, 1.54) is 14.2 Å². The molecule has 0 aliphatic carbocycles. The van der Waals surface area contributed by atoms with E-state index >= 15 is 0 Å². The summed E-state index contributed by atoms with van der Waals surface area (Å²) >= 11 is 11.2. The summed E-state index contributed by atoms with van der Waals surface area (Å²) in [5.41, 5.74) is 0.758. The lowest BCUT2D eigenvalue weighted by Crippen LogP contribution is -2.37. The maximum Gasteiger partial charge on any atom is 0.240 e. The van der Waals surface area contributed by atoms with E-state index in [1.54, 1.807) is 47.0 Å². The molecule has 32 heavy (non-hydrogen) atoms. The van der Waals surface area contributed by atoms with Crippen LogP contribution in [0.4, 0.5) is 0 Å². The van der Waals surface area contributed by atoms with Gasteiger partial charge in [0.25, 0.3) is 0 Å². The summed E-state index contributed by atoms with van der Waals surface area (Å²) in [6.45, 7) is -0.156. The number of aliphatic hydroxyl groups excluding tert-OH is 1. The van der Waals surface area contributed by atoms with E-state index in [2.05, 4.69) is 15.5 Å². The van der Waals surface area contributed by atoms with Crippen LogP contribution in [-0.4, -0.2) is 59.3 Å². The monoisotopic (exact) mass is 478 g/mol. The third kappa shape index (κ3) is 5.78. The number of rotatable bonds is 10. The van der Waals surface area contributed by atoms with Crippen LogP contribution in [0.1, 0.15) is 0 Å². The molecule has 0 saturated carbocycles. The quantitative estimate of drug-likeness (QED) is 0.384. The van der Waals surface area contributed by atoms with Gasteiger partial charge in [-0.3, -0.25) is 14.5 Å². The van der Waals surface area contributed by atoms with E-state index in [-0.39, 0.29) is 25.6 Å². The average Bonchev–Trinajstić information content (AvgIpc) is 3.16. The number of H-pyrrole nitrogens is 1. The second kappa shape index (κ2) is 11.0. The molecule has 170 valence electrons. The van der Waals surface area contributed by atoms with Gasteiger partial charge in [0.1, 0.15) is 19.3 Å². The molecule has 1 heterocycles. The van der Waals surface area contributed by atoms with E-state index in [1.807, 2.05) is 0 Å². The zero-order chi connectivity index (χ0) is 23.1. The number of halogens is 1. The first kappa shape index (κ1) is 23.6. The number of ether oxygens (including phenoxy) is 3. The van der Waals surface area contributed by atoms with Crippen LogP contribution in [0.25, 0.3) is 11.4 Å². The first-order valence-electron chi connectivity index (χ1n) is 9.62. The highest BCUT2D eigenvalue weighted by atomic mass is 35.5. The Bertz CT molecular complexity index is 1090. The van der Waals surface area contributed by atoms with Crippen molar-refractivity contribution in [2.45, 2.75) is 12.6 Å². The van der Waals surface area contributed by atoms with E-state index in [4.69, 9.17) is 38.0 Å². The highest BCUT2D eigenvalue weighted by Crippen LogP contribution is 2.36. The third-order valence-electron chi connectivity index (χ3n) is 4.50. The molecule has 0 fully saturated rings. The first-order chi connectivity index (χ1) is 15.4. The highest BCUT2D eigenvalue weighted by Gasteiger charge is 2.16. The van der Waals surface area contributed by atoms with Crippen molar-refractivity contribution < 1.29 is 24.1 Å². The van der Waals surface area contributed by atoms with Crippen LogP contribution in [0, 0.1) is 4.77 Å². The smallest absolute Gasteiger partial charge is 0.240 e. The van der Waals surface area contributed by atoms with Gasteiger partial charge in [-0.1, -0.05) is 17.7 Å². The fourth-order valence-electron chi connectivity index (χ4n) is 2.91. The van der Waals surface area contributed by atoms with Crippen molar-refractivity contribution in [1.82, 2.24) is 20.1 Å². The van der Waals surface area contributed by atoms with Gasteiger partial charge in [-0.25, -0.2) is 0 Å². The SMILES string of the molecule is COc1cccc(OC)c1OCC(O)CNC(=O)Cn1c(-c2ccc(Cl)cc2)n[nH]c1=S. The Morgan fingerprint density at radius 1 is 1.22 bits per heavy atom. The van der Waals surface area contributed by atoms with Crippen LogP contribution in [0.15, 0.2) is 42.5 Å². The molecule has 0 saturated heterocycles. The Balaban J connectivity index is 1.57. The molecule has 2 aromatic carbocycles. The number of aromatic amines is 1. The molecular formula is C21H23ClN4O5S. The summed E-state index contributed by atoms with van der Waals surface area (Å²) in [6, 6.07) is 12.2. The van der Waals surface area contributed by atoms with Gasteiger partial charge in [0.15, 0.2) is 22.1 Å². The van der Waals surface area contributed by atoms with E-state index < -0.39 is 6.10 Å². The van der Waals surface area contributed by atoms with Crippen molar-refractivity contribution in [3.05, 3.63) is 52.3 Å². The molecule has 3 aromatic rings. The topological polar surface area (TPSA) is 111 Å². The summed E-state index contributed by atoms with van der Waals surface area (Å²) in [7, 11) is 3.02. The Morgan fingerprint density at radius 2 is 1.88 bits per heavy atom. The van der Waals surface area contributed by atoms with E-state index in [9.17, 15) is 9.90 Å². The molecule has 1 amide bonds.